The summed E-state index contributed by atoms with van der Waals surface area (Å²) in [6.07, 6.45) is 0.124. The van der Waals surface area contributed by atoms with Crippen LogP contribution in [0.2, 0.25) is 0 Å². The number of ether oxygens (including phenoxy) is 2. The van der Waals surface area contributed by atoms with Gasteiger partial charge in [0.05, 0.1) is 19.4 Å². The van der Waals surface area contributed by atoms with E-state index in [0.29, 0.717) is 35.4 Å². The van der Waals surface area contributed by atoms with Gasteiger partial charge in [-0.25, -0.2) is 4.99 Å². The van der Waals surface area contributed by atoms with Crippen LogP contribution in [-0.4, -0.2) is 47.4 Å². The van der Waals surface area contributed by atoms with Gasteiger partial charge in [-0.1, -0.05) is 17.8 Å². The zero-order chi connectivity index (χ0) is 21.5. The largest absolute Gasteiger partial charge is 0.497 e. The molecule has 2 aromatic carbocycles. The van der Waals surface area contributed by atoms with Gasteiger partial charge in [-0.15, -0.1) is 0 Å². The van der Waals surface area contributed by atoms with Gasteiger partial charge in [-0.3, -0.25) is 14.5 Å². The van der Waals surface area contributed by atoms with Crippen LogP contribution in [-0.2, 0) is 9.59 Å². The number of amides is 2. The van der Waals surface area contributed by atoms with Crippen molar-refractivity contribution in [2.24, 2.45) is 4.99 Å². The topological polar surface area (TPSA) is 80.2 Å². The molecule has 0 aromatic heterocycles. The Labute approximate surface area is 180 Å². The molecular formula is C22H25N3O4S. The predicted molar refractivity (Wildman–Crippen MR) is 120 cm³/mol. The van der Waals surface area contributed by atoms with Crippen molar-refractivity contribution in [3.05, 3.63) is 48.5 Å². The van der Waals surface area contributed by atoms with Gasteiger partial charge in [0.2, 0.25) is 11.8 Å². The highest BCUT2D eigenvalue weighted by Gasteiger charge is 2.35. The molecule has 1 saturated heterocycles. The summed E-state index contributed by atoms with van der Waals surface area (Å²) in [6, 6.07) is 14.4. The third kappa shape index (κ3) is 5.33. The molecule has 1 fully saturated rings. The Bertz CT molecular complexity index is 930. The number of nitrogens with zero attached hydrogens (tertiary/aromatic N) is 2. The minimum absolute atomic E-state index is 0.121. The normalized spacial score (nSPS) is 17.7. The number of aliphatic imine (C=N–C) groups is 1. The average molecular weight is 428 g/mol. The molecule has 1 heterocycles. The van der Waals surface area contributed by atoms with Gasteiger partial charge in [0, 0.05) is 24.7 Å². The number of carbonyl (C=O) groups is 2. The van der Waals surface area contributed by atoms with Crippen LogP contribution in [0.25, 0.3) is 0 Å². The van der Waals surface area contributed by atoms with E-state index in [1.54, 1.807) is 42.3 Å². The number of nitrogens with one attached hydrogen (secondary N) is 1. The Morgan fingerprint density at radius 2 is 1.97 bits per heavy atom. The van der Waals surface area contributed by atoms with E-state index in [1.165, 1.54) is 11.8 Å². The monoisotopic (exact) mass is 427 g/mol. The summed E-state index contributed by atoms with van der Waals surface area (Å²) >= 11 is 1.29. The summed E-state index contributed by atoms with van der Waals surface area (Å²) in [5.41, 5.74) is 1.32. The van der Waals surface area contributed by atoms with Crippen molar-refractivity contribution in [1.29, 1.82) is 0 Å². The van der Waals surface area contributed by atoms with Crippen molar-refractivity contribution in [2.75, 3.05) is 25.6 Å². The Morgan fingerprint density at radius 3 is 2.63 bits per heavy atom. The van der Waals surface area contributed by atoms with E-state index in [9.17, 15) is 9.59 Å². The summed E-state index contributed by atoms with van der Waals surface area (Å²) in [4.78, 5) is 31.7. The number of thioether (sulfide) groups is 1. The van der Waals surface area contributed by atoms with Gasteiger partial charge in [-0.2, -0.15) is 0 Å². The first kappa shape index (κ1) is 21.7. The van der Waals surface area contributed by atoms with E-state index >= 15 is 0 Å². The lowest BCUT2D eigenvalue weighted by Gasteiger charge is -2.30. The average Bonchev–Trinajstić information content (AvgIpc) is 2.75. The molecular weight excluding hydrogens is 402 g/mol. The van der Waals surface area contributed by atoms with Crippen molar-refractivity contribution < 1.29 is 19.1 Å². The lowest BCUT2D eigenvalue weighted by atomic mass is 10.2. The zero-order valence-corrected chi connectivity index (χ0v) is 18.1. The minimum Gasteiger partial charge on any atom is -0.497 e. The van der Waals surface area contributed by atoms with E-state index in [4.69, 9.17) is 9.47 Å². The highest BCUT2D eigenvalue weighted by molar-refractivity contribution is 8.15. The molecule has 0 bridgehead atoms. The third-order valence-electron chi connectivity index (χ3n) is 4.46. The summed E-state index contributed by atoms with van der Waals surface area (Å²) in [7, 11) is 1.59. The van der Waals surface area contributed by atoms with Crippen LogP contribution < -0.4 is 14.8 Å². The van der Waals surface area contributed by atoms with E-state index < -0.39 is 5.25 Å². The molecule has 1 atom stereocenters. The first-order valence-electron chi connectivity index (χ1n) is 9.77. The summed E-state index contributed by atoms with van der Waals surface area (Å²) in [6.45, 7) is 4.87. The number of carbonyl (C=O) groups excluding carboxylic acids is 2. The molecule has 7 nitrogen and oxygen atoms in total. The van der Waals surface area contributed by atoms with Crippen LogP contribution in [0.15, 0.2) is 53.5 Å². The quantitative estimate of drug-likeness (QED) is 0.720. The van der Waals surface area contributed by atoms with Crippen molar-refractivity contribution in [1.82, 2.24) is 4.90 Å². The molecule has 2 aromatic rings. The summed E-state index contributed by atoms with van der Waals surface area (Å²) in [5.74, 6) is 1.07. The fourth-order valence-corrected chi connectivity index (χ4v) is 4.13. The first-order valence-corrected chi connectivity index (χ1v) is 10.7. The van der Waals surface area contributed by atoms with Crippen LogP contribution in [0, 0.1) is 0 Å². The second-order valence-electron chi connectivity index (χ2n) is 6.49. The molecule has 158 valence electrons. The number of anilines is 1. The number of rotatable bonds is 7. The van der Waals surface area contributed by atoms with Gasteiger partial charge < -0.3 is 14.8 Å². The molecule has 1 N–H and O–H groups in total. The van der Waals surface area contributed by atoms with Crippen LogP contribution >= 0.6 is 11.8 Å². The number of hydrogen-bond acceptors (Lipinski definition) is 6. The minimum atomic E-state index is -0.559. The van der Waals surface area contributed by atoms with Gasteiger partial charge in [0.15, 0.2) is 5.17 Å². The Balaban J connectivity index is 1.76. The smallest absolute Gasteiger partial charge is 0.238 e. The van der Waals surface area contributed by atoms with Crippen LogP contribution in [0.1, 0.15) is 20.3 Å². The highest BCUT2D eigenvalue weighted by atomic mass is 32.2. The molecule has 2 amide bonds. The van der Waals surface area contributed by atoms with Gasteiger partial charge >= 0.3 is 0 Å². The van der Waals surface area contributed by atoms with Crippen LogP contribution in [0.4, 0.5) is 11.4 Å². The maximum Gasteiger partial charge on any atom is 0.238 e. The number of amidine groups is 1. The zero-order valence-electron chi connectivity index (χ0n) is 17.3. The SMILES string of the molecule is CCOc1ccc(NC(=O)[C@@H]2CC(=O)N(CC)C(=Nc3cccc(OC)c3)S2)cc1. The number of benzene rings is 2. The molecule has 3 rings (SSSR count). The second-order valence-corrected chi connectivity index (χ2v) is 7.66. The maximum atomic E-state index is 12.8. The Hall–Kier alpha value is -3.00. The van der Waals surface area contributed by atoms with E-state index in [0.717, 1.165) is 5.75 Å². The number of hydrogen-bond donors (Lipinski definition) is 1. The third-order valence-corrected chi connectivity index (χ3v) is 5.65. The van der Waals surface area contributed by atoms with E-state index in [-0.39, 0.29) is 18.2 Å². The lowest BCUT2D eigenvalue weighted by Crippen LogP contribution is -2.45. The molecule has 0 aliphatic carbocycles. The first-order chi connectivity index (χ1) is 14.5. The molecule has 0 radical (unpaired) electrons. The van der Waals surface area contributed by atoms with Crippen molar-refractivity contribution >= 4 is 40.1 Å². The summed E-state index contributed by atoms with van der Waals surface area (Å²) in [5, 5.41) is 2.83. The van der Waals surface area contributed by atoms with Crippen LogP contribution in [0.3, 0.4) is 0 Å². The Kier molecular flexibility index (Phi) is 7.35. The standard InChI is InChI=1S/C22H25N3O4S/c1-4-25-20(26)14-19(21(27)23-15-9-11-17(12-10-15)29-5-2)30-22(25)24-16-7-6-8-18(13-16)28-3/h6-13,19H,4-5,14H2,1-3H3,(H,23,27)/t19-/m0/s1. The van der Waals surface area contributed by atoms with Crippen molar-refractivity contribution in [2.45, 2.75) is 25.5 Å². The predicted octanol–water partition coefficient (Wildman–Crippen LogP) is 4.07. The molecule has 30 heavy (non-hydrogen) atoms. The molecule has 8 heteroatoms. The fraction of sp³-hybridized carbons (Fsp3) is 0.318. The van der Waals surface area contributed by atoms with E-state index in [2.05, 4.69) is 10.3 Å². The van der Waals surface area contributed by atoms with Gasteiger partial charge in [0.25, 0.3) is 0 Å². The molecule has 0 saturated carbocycles. The van der Waals surface area contributed by atoms with E-state index in [1.807, 2.05) is 32.0 Å². The molecule has 1 aliphatic heterocycles. The van der Waals surface area contributed by atoms with Crippen molar-refractivity contribution in [3.63, 3.8) is 0 Å². The maximum absolute atomic E-state index is 12.8. The van der Waals surface area contributed by atoms with Crippen molar-refractivity contribution in [3.8, 4) is 11.5 Å². The fourth-order valence-electron chi connectivity index (χ4n) is 2.97. The number of methoxy groups -OCH3 is 1. The molecule has 1 aliphatic rings. The summed E-state index contributed by atoms with van der Waals surface area (Å²) < 4.78 is 10.7. The Morgan fingerprint density at radius 1 is 1.20 bits per heavy atom. The van der Waals surface area contributed by atoms with Gasteiger partial charge in [0.1, 0.15) is 16.7 Å². The molecule has 0 spiro atoms. The van der Waals surface area contributed by atoms with Gasteiger partial charge in [-0.05, 0) is 50.2 Å². The molecule has 0 unspecified atom stereocenters. The highest BCUT2D eigenvalue weighted by Crippen LogP contribution is 2.30. The second kappa shape index (κ2) is 10.2. The van der Waals surface area contributed by atoms with Crippen LogP contribution in [0.5, 0.6) is 11.5 Å². The lowest BCUT2D eigenvalue weighted by molar-refractivity contribution is -0.129.